The maximum Gasteiger partial charge on any atom is 0.0246 e. The number of rotatable bonds is 3. The van der Waals surface area contributed by atoms with E-state index in [1.54, 1.807) is 0 Å². The van der Waals surface area contributed by atoms with Crippen LogP contribution in [-0.2, 0) is 0 Å². The number of nitrogens with zero attached hydrogens (tertiary/aromatic N) is 1. The largest absolute Gasteiger partial charge is 0.314 e. The zero-order valence-electron chi connectivity index (χ0n) is 8.64. The van der Waals surface area contributed by atoms with Crippen LogP contribution < -0.4 is 5.32 Å². The van der Waals surface area contributed by atoms with Crippen LogP contribution in [0.25, 0.3) is 0 Å². The summed E-state index contributed by atoms with van der Waals surface area (Å²) in [7, 11) is 2.25. The zero-order chi connectivity index (χ0) is 8.97. The van der Waals surface area contributed by atoms with E-state index in [4.69, 9.17) is 0 Å². The maximum atomic E-state index is 3.47. The van der Waals surface area contributed by atoms with Crippen molar-refractivity contribution in [2.45, 2.75) is 40.2 Å². The fourth-order valence-electron chi connectivity index (χ4n) is 2.19. The van der Waals surface area contributed by atoms with E-state index in [0.717, 1.165) is 18.5 Å². The Bertz CT molecular complexity index is 121. The third-order valence-corrected chi connectivity index (χ3v) is 3.15. The molecule has 1 atom stereocenters. The van der Waals surface area contributed by atoms with Gasteiger partial charge in [-0.25, -0.2) is 0 Å². The Balaban J connectivity index is 0.00000144. The van der Waals surface area contributed by atoms with Gasteiger partial charge < -0.3 is 10.2 Å². The Hall–Kier alpha value is -0.0800. The third kappa shape index (κ3) is 3.28. The van der Waals surface area contributed by atoms with Crippen molar-refractivity contribution in [3.63, 3.8) is 0 Å². The number of likely N-dealkylation sites (N-methyl/N-ethyl adjacent to an activating group) is 1. The SMILES string of the molecule is C.CCC(CC)C1CNCCN1C. The summed E-state index contributed by atoms with van der Waals surface area (Å²) in [5.74, 6) is 0.878. The van der Waals surface area contributed by atoms with Gasteiger partial charge in [0.1, 0.15) is 0 Å². The van der Waals surface area contributed by atoms with Crippen molar-refractivity contribution in [2.24, 2.45) is 5.92 Å². The molecule has 2 heteroatoms. The van der Waals surface area contributed by atoms with Crippen LogP contribution in [0.3, 0.4) is 0 Å². The van der Waals surface area contributed by atoms with E-state index < -0.39 is 0 Å². The Kier molecular flexibility index (Phi) is 6.35. The quantitative estimate of drug-likeness (QED) is 0.725. The lowest BCUT2D eigenvalue weighted by Crippen LogP contribution is -2.52. The summed E-state index contributed by atoms with van der Waals surface area (Å²) in [5, 5.41) is 3.47. The average molecular weight is 186 g/mol. The predicted molar refractivity (Wildman–Crippen MR) is 60.1 cm³/mol. The van der Waals surface area contributed by atoms with Crippen LogP contribution in [0, 0.1) is 5.92 Å². The van der Waals surface area contributed by atoms with Crippen LogP contribution in [-0.4, -0.2) is 37.6 Å². The molecule has 1 saturated heterocycles. The summed E-state index contributed by atoms with van der Waals surface area (Å²) >= 11 is 0. The molecular formula is C11H26N2. The molecule has 1 aliphatic heterocycles. The zero-order valence-corrected chi connectivity index (χ0v) is 8.64. The highest BCUT2D eigenvalue weighted by Crippen LogP contribution is 2.18. The predicted octanol–water partition coefficient (Wildman–Crippen LogP) is 1.96. The van der Waals surface area contributed by atoms with Gasteiger partial charge in [-0.15, -0.1) is 0 Å². The molecule has 0 spiro atoms. The first-order valence-corrected chi connectivity index (χ1v) is 5.20. The van der Waals surface area contributed by atoms with E-state index in [1.807, 2.05) is 0 Å². The molecule has 0 bridgehead atoms. The Labute approximate surface area is 83.7 Å². The van der Waals surface area contributed by atoms with Gasteiger partial charge in [0.25, 0.3) is 0 Å². The van der Waals surface area contributed by atoms with Gasteiger partial charge >= 0.3 is 0 Å². The molecule has 1 fully saturated rings. The lowest BCUT2D eigenvalue weighted by atomic mass is 9.92. The van der Waals surface area contributed by atoms with E-state index in [-0.39, 0.29) is 7.43 Å². The molecule has 13 heavy (non-hydrogen) atoms. The van der Waals surface area contributed by atoms with Crippen molar-refractivity contribution in [2.75, 3.05) is 26.7 Å². The second-order valence-electron chi connectivity index (χ2n) is 3.83. The minimum absolute atomic E-state index is 0. The molecule has 0 aliphatic carbocycles. The number of nitrogens with one attached hydrogen (secondary N) is 1. The fraction of sp³-hybridized carbons (Fsp3) is 1.00. The lowest BCUT2D eigenvalue weighted by molar-refractivity contribution is 0.136. The van der Waals surface area contributed by atoms with Crippen molar-refractivity contribution < 1.29 is 0 Å². The Morgan fingerprint density at radius 3 is 2.46 bits per heavy atom. The van der Waals surface area contributed by atoms with Crippen LogP contribution >= 0.6 is 0 Å². The molecule has 1 N–H and O–H groups in total. The molecule has 1 aliphatic rings. The van der Waals surface area contributed by atoms with E-state index in [0.29, 0.717) is 0 Å². The molecule has 0 aromatic carbocycles. The molecule has 0 aromatic rings. The molecule has 80 valence electrons. The van der Waals surface area contributed by atoms with E-state index in [2.05, 4.69) is 31.1 Å². The highest BCUT2D eigenvalue weighted by molar-refractivity contribution is 4.82. The molecule has 1 heterocycles. The number of piperazine rings is 1. The van der Waals surface area contributed by atoms with Gasteiger partial charge in [-0.1, -0.05) is 34.1 Å². The van der Waals surface area contributed by atoms with Crippen LogP contribution in [0.2, 0.25) is 0 Å². The highest BCUT2D eigenvalue weighted by Gasteiger charge is 2.24. The van der Waals surface area contributed by atoms with Crippen molar-refractivity contribution in [1.82, 2.24) is 10.2 Å². The lowest BCUT2D eigenvalue weighted by Gasteiger charge is -2.37. The molecule has 1 rings (SSSR count). The van der Waals surface area contributed by atoms with Crippen LogP contribution in [0.15, 0.2) is 0 Å². The minimum atomic E-state index is 0. The van der Waals surface area contributed by atoms with E-state index >= 15 is 0 Å². The van der Waals surface area contributed by atoms with Gasteiger partial charge in [-0.2, -0.15) is 0 Å². The molecule has 0 aromatic heterocycles. The highest BCUT2D eigenvalue weighted by atomic mass is 15.2. The van der Waals surface area contributed by atoms with Gasteiger partial charge in [-0.05, 0) is 13.0 Å². The first-order chi connectivity index (χ1) is 5.79. The van der Waals surface area contributed by atoms with E-state index in [9.17, 15) is 0 Å². The summed E-state index contributed by atoms with van der Waals surface area (Å²) in [6, 6.07) is 0.772. The summed E-state index contributed by atoms with van der Waals surface area (Å²) in [6.07, 6.45) is 2.63. The van der Waals surface area contributed by atoms with Gasteiger partial charge in [0.05, 0.1) is 0 Å². The van der Waals surface area contributed by atoms with Gasteiger partial charge in [0.15, 0.2) is 0 Å². The normalized spacial score (nSPS) is 24.5. The Morgan fingerprint density at radius 1 is 1.38 bits per heavy atom. The molecule has 0 saturated carbocycles. The molecule has 0 amide bonds. The van der Waals surface area contributed by atoms with Gasteiger partial charge in [0, 0.05) is 25.7 Å². The van der Waals surface area contributed by atoms with Crippen LogP contribution in [0.1, 0.15) is 34.1 Å². The minimum Gasteiger partial charge on any atom is -0.314 e. The molecule has 2 nitrogen and oxygen atoms in total. The van der Waals surface area contributed by atoms with Crippen molar-refractivity contribution >= 4 is 0 Å². The second-order valence-corrected chi connectivity index (χ2v) is 3.83. The smallest absolute Gasteiger partial charge is 0.0246 e. The monoisotopic (exact) mass is 186 g/mol. The number of hydrogen-bond donors (Lipinski definition) is 1. The molecule has 1 unspecified atom stereocenters. The standard InChI is InChI=1S/C10H22N2.CH4/c1-4-9(5-2)10-8-11-6-7-12(10)3;/h9-11H,4-8H2,1-3H3;1H4. The van der Waals surface area contributed by atoms with Gasteiger partial charge in [-0.3, -0.25) is 0 Å². The maximum absolute atomic E-state index is 3.47. The Morgan fingerprint density at radius 2 is 2.00 bits per heavy atom. The summed E-state index contributed by atoms with van der Waals surface area (Å²) in [5.41, 5.74) is 0. The van der Waals surface area contributed by atoms with Crippen LogP contribution in [0.5, 0.6) is 0 Å². The van der Waals surface area contributed by atoms with Crippen molar-refractivity contribution in [3.05, 3.63) is 0 Å². The van der Waals surface area contributed by atoms with Crippen LogP contribution in [0.4, 0.5) is 0 Å². The molecule has 0 radical (unpaired) electrons. The third-order valence-electron chi connectivity index (χ3n) is 3.15. The summed E-state index contributed by atoms with van der Waals surface area (Å²) < 4.78 is 0. The second kappa shape index (κ2) is 6.39. The van der Waals surface area contributed by atoms with E-state index in [1.165, 1.54) is 25.9 Å². The first kappa shape index (κ1) is 12.9. The topological polar surface area (TPSA) is 15.3 Å². The van der Waals surface area contributed by atoms with Gasteiger partial charge in [0.2, 0.25) is 0 Å². The summed E-state index contributed by atoms with van der Waals surface area (Å²) in [4.78, 5) is 2.51. The van der Waals surface area contributed by atoms with Crippen molar-refractivity contribution in [1.29, 1.82) is 0 Å². The number of hydrogen-bond acceptors (Lipinski definition) is 2. The average Bonchev–Trinajstić information content (AvgIpc) is 2.10. The van der Waals surface area contributed by atoms with Crippen molar-refractivity contribution in [3.8, 4) is 0 Å². The molecular weight excluding hydrogens is 160 g/mol. The summed E-state index contributed by atoms with van der Waals surface area (Å²) in [6.45, 7) is 8.16. The first-order valence-electron chi connectivity index (χ1n) is 5.20. The fourth-order valence-corrected chi connectivity index (χ4v) is 2.19.